The summed E-state index contributed by atoms with van der Waals surface area (Å²) in [6, 6.07) is 0.0717. The van der Waals surface area contributed by atoms with Gasteiger partial charge in [-0.25, -0.2) is 9.18 Å². The van der Waals surface area contributed by atoms with Crippen LogP contribution >= 0.6 is 0 Å². The van der Waals surface area contributed by atoms with E-state index < -0.39 is 17.1 Å². The Morgan fingerprint density at radius 1 is 1.17 bits per heavy atom. The third-order valence-corrected chi connectivity index (χ3v) is 6.66. The number of H-pyrrole nitrogens is 1. The number of nitrogens with one attached hydrogen (secondary N) is 1. The summed E-state index contributed by atoms with van der Waals surface area (Å²) in [5.74, 6) is 0.351. The fourth-order valence-electron chi connectivity index (χ4n) is 4.80. The molecule has 1 aromatic carbocycles. The fourth-order valence-corrected chi connectivity index (χ4v) is 4.80. The van der Waals surface area contributed by atoms with Crippen molar-refractivity contribution in [1.29, 1.82) is 0 Å². The Morgan fingerprint density at radius 2 is 1.90 bits per heavy atom. The molecule has 156 valence electrons. The molecule has 0 spiro atoms. The van der Waals surface area contributed by atoms with Gasteiger partial charge in [-0.3, -0.25) is 14.3 Å². The molecule has 5 rings (SSSR count). The predicted octanol–water partition coefficient (Wildman–Crippen LogP) is 1.32. The van der Waals surface area contributed by atoms with Crippen LogP contribution in [0.15, 0.2) is 9.59 Å². The zero-order valence-corrected chi connectivity index (χ0v) is 16.4. The van der Waals surface area contributed by atoms with E-state index in [9.17, 15) is 9.59 Å². The quantitative estimate of drug-likeness (QED) is 0.648. The summed E-state index contributed by atoms with van der Waals surface area (Å²) in [4.78, 5) is 29.2. The van der Waals surface area contributed by atoms with Crippen LogP contribution in [0.1, 0.15) is 38.1 Å². The first kappa shape index (κ1) is 18.5. The van der Waals surface area contributed by atoms with Crippen molar-refractivity contribution in [3.63, 3.8) is 0 Å². The van der Waals surface area contributed by atoms with Crippen molar-refractivity contribution >= 4 is 22.3 Å². The largest absolute Gasteiger partial charge is 0.492 e. The number of nitrogens with two attached hydrogens (primary N) is 2. The maximum atomic E-state index is 15.4. The SMILES string of the molecule is COc1c(N2CCC(C(N)C3CC3)C2)c(F)c(N)c2c(=O)[nH]c(=O)n(C3CC3)c12. The second-order valence-electron chi connectivity index (χ2n) is 8.60. The number of ether oxygens (including phenoxy) is 1. The van der Waals surface area contributed by atoms with E-state index >= 15 is 4.39 Å². The Labute approximate surface area is 166 Å². The second kappa shape index (κ2) is 6.48. The number of hydrogen-bond acceptors (Lipinski definition) is 6. The number of aromatic amines is 1. The Bertz CT molecular complexity index is 1100. The highest BCUT2D eigenvalue weighted by atomic mass is 19.1. The van der Waals surface area contributed by atoms with Gasteiger partial charge in [0.15, 0.2) is 11.6 Å². The van der Waals surface area contributed by atoms with Gasteiger partial charge in [0.05, 0.1) is 18.2 Å². The molecule has 29 heavy (non-hydrogen) atoms. The molecule has 5 N–H and O–H groups in total. The van der Waals surface area contributed by atoms with Gasteiger partial charge >= 0.3 is 5.69 Å². The standard InChI is InChI=1S/C20H26FN5O3/c1-29-18-16-12(19(27)24-20(28)26(16)11-4-5-11)15(23)13(21)17(18)25-7-6-10(8-25)14(22)9-2-3-9/h9-11,14H,2-8,22-23H2,1H3,(H,24,27,28). The highest BCUT2D eigenvalue weighted by Gasteiger charge is 2.39. The zero-order chi connectivity index (χ0) is 20.4. The van der Waals surface area contributed by atoms with Gasteiger partial charge in [0, 0.05) is 25.2 Å². The molecule has 2 aromatic rings. The molecule has 9 heteroatoms. The molecule has 3 fully saturated rings. The third-order valence-electron chi connectivity index (χ3n) is 6.66. The van der Waals surface area contributed by atoms with Crippen molar-refractivity contribution in [2.24, 2.45) is 17.6 Å². The zero-order valence-electron chi connectivity index (χ0n) is 16.4. The van der Waals surface area contributed by atoms with Crippen molar-refractivity contribution < 1.29 is 9.13 Å². The van der Waals surface area contributed by atoms with Crippen molar-refractivity contribution in [1.82, 2.24) is 9.55 Å². The lowest BCUT2D eigenvalue weighted by Gasteiger charge is -2.26. The van der Waals surface area contributed by atoms with E-state index in [2.05, 4.69) is 4.98 Å². The van der Waals surface area contributed by atoms with Crippen LogP contribution in [0.5, 0.6) is 5.75 Å². The van der Waals surface area contributed by atoms with Crippen LogP contribution in [0, 0.1) is 17.7 Å². The normalized spacial score (nSPS) is 23.0. The molecule has 2 saturated carbocycles. The van der Waals surface area contributed by atoms with Crippen molar-refractivity contribution in [3.05, 3.63) is 26.7 Å². The average molecular weight is 403 g/mol. The molecule has 0 bridgehead atoms. The number of rotatable bonds is 5. The minimum Gasteiger partial charge on any atom is -0.492 e. The maximum absolute atomic E-state index is 15.4. The van der Waals surface area contributed by atoms with E-state index in [1.165, 1.54) is 11.7 Å². The maximum Gasteiger partial charge on any atom is 0.329 e. The predicted molar refractivity (Wildman–Crippen MR) is 109 cm³/mol. The van der Waals surface area contributed by atoms with Crippen molar-refractivity contribution in [3.8, 4) is 5.75 Å². The molecule has 8 nitrogen and oxygen atoms in total. The van der Waals surface area contributed by atoms with Crippen LogP contribution in [0.3, 0.4) is 0 Å². The number of hydrogen-bond donors (Lipinski definition) is 3. The second-order valence-corrected chi connectivity index (χ2v) is 8.60. The Kier molecular flexibility index (Phi) is 4.13. The van der Waals surface area contributed by atoms with Gasteiger partial charge in [0.2, 0.25) is 0 Å². The summed E-state index contributed by atoms with van der Waals surface area (Å²) < 4.78 is 22.5. The smallest absolute Gasteiger partial charge is 0.329 e. The molecule has 2 heterocycles. The number of aromatic nitrogens is 2. The molecule has 3 aliphatic rings. The summed E-state index contributed by atoms with van der Waals surface area (Å²) in [6.07, 6.45) is 4.82. The van der Waals surface area contributed by atoms with E-state index in [0.717, 1.165) is 32.1 Å². The number of benzene rings is 1. The molecular weight excluding hydrogens is 377 g/mol. The minimum absolute atomic E-state index is 0.0278. The van der Waals surface area contributed by atoms with E-state index in [0.29, 0.717) is 19.0 Å². The highest BCUT2D eigenvalue weighted by molar-refractivity contribution is 5.99. The first-order chi connectivity index (χ1) is 13.9. The van der Waals surface area contributed by atoms with Gasteiger partial charge in [-0.1, -0.05) is 0 Å². The molecule has 2 atom stereocenters. The highest BCUT2D eigenvalue weighted by Crippen LogP contribution is 2.46. The van der Waals surface area contributed by atoms with Crippen LogP contribution in [0.25, 0.3) is 10.9 Å². The van der Waals surface area contributed by atoms with Crippen LogP contribution in [0.4, 0.5) is 15.8 Å². The Morgan fingerprint density at radius 3 is 2.52 bits per heavy atom. The molecule has 1 aromatic heterocycles. The lowest BCUT2D eigenvalue weighted by atomic mass is 9.96. The number of anilines is 2. The molecule has 2 unspecified atom stereocenters. The minimum atomic E-state index is -0.696. The van der Waals surface area contributed by atoms with Crippen LogP contribution in [-0.2, 0) is 0 Å². The molecule has 1 saturated heterocycles. The lowest BCUT2D eigenvalue weighted by molar-refractivity contribution is 0.409. The van der Waals surface area contributed by atoms with Gasteiger partial charge < -0.3 is 21.1 Å². The molecule has 0 radical (unpaired) electrons. The number of methoxy groups -OCH3 is 1. The fraction of sp³-hybridized carbons (Fsp3) is 0.600. The van der Waals surface area contributed by atoms with E-state index in [-0.39, 0.29) is 46.0 Å². The van der Waals surface area contributed by atoms with E-state index in [1.54, 1.807) is 0 Å². The first-order valence-corrected chi connectivity index (χ1v) is 10.3. The molecule has 0 amide bonds. The van der Waals surface area contributed by atoms with Crippen molar-refractivity contribution in [2.75, 3.05) is 30.8 Å². The Hall–Kier alpha value is -2.55. The van der Waals surface area contributed by atoms with Gasteiger partial charge in [-0.2, -0.15) is 0 Å². The van der Waals surface area contributed by atoms with Gasteiger partial charge in [-0.05, 0) is 43.9 Å². The first-order valence-electron chi connectivity index (χ1n) is 10.3. The summed E-state index contributed by atoms with van der Waals surface area (Å²) in [6.45, 7) is 1.23. The third kappa shape index (κ3) is 2.82. The van der Waals surface area contributed by atoms with E-state index in [4.69, 9.17) is 16.2 Å². The van der Waals surface area contributed by atoms with E-state index in [1.807, 2.05) is 4.90 Å². The van der Waals surface area contributed by atoms with Crippen LogP contribution in [0.2, 0.25) is 0 Å². The van der Waals surface area contributed by atoms with Crippen LogP contribution < -0.4 is 32.4 Å². The van der Waals surface area contributed by atoms with Gasteiger partial charge in [-0.15, -0.1) is 0 Å². The number of nitrogen functional groups attached to an aromatic ring is 1. The average Bonchev–Trinajstić information content (AvgIpc) is 3.61. The number of nitrogens with zero attached hydrogens (tertiary/aromatic N) is 2. The Balaban J connectivity index is 1.70. The van der Waals surface area contributed by atoms with Crippen molar-refractivity contribution in [2.45, 2.75) is 44.2 Å². The number of halogens is 1. The summed E-state index contributed by atoms with van der Waals surface area (Å²) in [5, 5.41) is -0.0278. The lowest BCUT2D eigenvalue weighted by Crippen LogP contribution is -2.35. The molecular formula is C20H26FN5O3. The molecule has 1 aliphatic heterocycles. The topological polar surface area (TPSA) is 119 Å². The van der Waals surface area contributed by atoms with Gasteiger partial charge in [0.25, 0.3) is 5.56 Å². The number of fused-ring (bicyclic) bond motifs is 1. The monoisotopic (exact) mass is 403 g/mol. The summed E-state index contributed by atoms with van der Waals surface area (Å²) in [5.41, 5.74) is 11.5. The summed E-state index contributed by atoms with van der Waals surface area (Å²) >= 11 is 0. The van der Waals surface area contributed by atoms with Crippen LogP contribution in [-0.4, -0.2) is 35.8 Å². The van der Waals surface area contributed by atoms with Gasteiger partial charge in [0.1, 0.15) is 11.2 Å². The molecule has 2 aliphatic carbocycles. The summed E-state index contributed by atoms with van der Waals surface area (Å²) in [7, 11) is 1.43.